The minimum Gasteiger partial charge on any atom is -0.481 e. The molecule has 2 N–H and O–H groups in total. The maximum Gasteiger partial charge on any atom is 0.303 e. The molecule has 1 heterocycles. The zero-order valence-corrected chi connectivity index (χ0v) is 9.48. The van der Waals surface area contributed by atoms with Crippen molar-refractivity contribution in [2.45, 2.75) is 43.9 Å². The fourth-order valence-corrected chi connectivity index (χ4v) is 2.89. The van der Waals surface area contributed by atoms with Gasteiger partial charge in [0.05, 0.1) is 0 Å². The summed E-state index contributed by atoms with van der Waals surface area (Å²) in [5, 5.41) is 12.6. The van der Waals surface area contributed by atoms with Gasteiger partial charge in [-0.1, -0.05) is 6.92 Å². The quantitative estimate of drug-likeness (QED) is 0.689. The summed E-state index contributed by atoms with van der Waals surface area (Å²) in [5.74, 6) is 0.576. The molecule has 0 aliphatic carbocycles. The van der Waals surface area contributed by atoms with Crippen LogP contribution < -0.4 is 5.32 Å². The Morgan fingerprint density at radius 2 is 2.43 bits per heavy atom. The molecule has 82 valence electrons. The van der Waals surface area contributed by atoms with Crippen molar-refractivity contribution in [2.24, 2.45) is 0 Å². The van der Waals surface area contributed by atoms with Crippen molar-refractivity contribution in [1.29, 1.82) is 0 Å². The summed E-state index contributed by atoms with van der Waals surface area (Å²) in [5.41, 5.74) is 0. The van der Waals surface area contributed by atoms with Crippen LogP contribution in [-0.2, 0) is 4.79 Å². The molecule has 0 radical (unpaired) electrons. The third-order valence-electron chi connectivity index (χ3n) is 2.58. The van der Waals surface area contributed by atoms with Crippen molar-refractivity contribution in [3.8, 4) is 0 Å². The zero-order valence-electron chi connectivity index (χ0n) is 8.66. The average Bonchev–Trinajstić information content (AvgIpc) is 2.15. The highest BCUT2D eigenvalue weighted by atomic mass is 32.2. The first-order valence-corrected chi connectivity index (χ1v) is 6.32. The number of carboxylic acids is 1. The predicted molar refractivity (Wildman–Crippen MR) is 59.8 cm³/mol. The number of aliphatic carboxylic acids is 1. The normalized spacial score (nSPS) is 27.5. The monoisotopic (exact) mass is 217 g/mol. The lowest BCUT2D eigenvalue weighted by atomic mass is 10.1. The van der Waals surface area contributed by atoms with Crippen LogP contribution in [0.4, 0.5) is 0 Å². The lowest BCUT2D eigenvalue weighted by Gasteiger charge is -2.29. The standard InChI is InChI=1S/C10H19NO2S/c1-8-9(4-3-7-14-8)11-6-2-5-10(12)13/h8-9,11H,2-7H2,1H3,(H,12,13). The molecular formula is C10H19NO2S. The number of carbonyl (C=O) groups is 1. The first kappa shape index (κ1) is 11.9. The predicted octanol–water partition coefficient (Wildman–Crippen LogP) is 1.72. The minimum atomic E-state index is -0.696. The summed E-state index contributed by atoms with van der Waals surface area (Å²) in [6.07, 6.45) is 3.54. The molecule has 2 unspecified atom stereocenters. The molecule has 1 aliphatic heterocycles. The van der Waals surface area contributed by atoms with E-state index in [0.29, 0.717) is 11.3 Å². The number of thioether (sulfide) groups is 1. The first-order valence-electron chi connectivity index (χ1n) is 5.27. The summed E-state index contributed by atoms with van der Waals surface area (Å²) in [7, 11) is 0. The van der Waals surface area contributed by atoms with E-state index in [1.54, 1.807) is 0 Å². The van der Waals surface area contributed by atoms with Crippen molar-refractivity contribution in [3.63, 3.8) is 0 Å². The van der Waals surface area contributed by atoms with E-state index in [1.807, 2.05) is 11.8 Å². The van der Waals surface area contributed by atoms with Crippen LogP contribution in [0.1, 0.15) is 32.6 Å². The van der Waals surface area contributed by atoms with Crippen molar-refractivity contribution >= 4 is 17.7 Å². The summed E-state index contributed by atoms with van der Waals surface area (Å²) in [4.78, 5) is 10.3. The number of hydrogen-bond donors (Lipinski definition) is 2. The van der Waals surface area contributed by atoms with Gasteiger partial charge >= 0.3 is 5.97 Å². The zero-order chi connectivity index (χ0) is 10.4. The molecule has 0 bridgehead atoms. The Hall–Kier alpha value is -0.220. The Bertz CT molecular complexity index is 187. The molecule has 0 aromatic rings. The summed E-state index contributed by atoms with van der Waals surface area (Å²) in [6, 6.07) is 0.586. The second kappa shape index (κ2) is 6.30. The Kier molecular flexibility index (Phi) is 5.33. The molecule has 0 amide bonds. The smallest absolute Gasteiger partial charge is 0.303 e. The van der Waals surface area contributed by atoms with Crippen LogP contribution >= 0.6 is 11.8 Å². The highest BCUT2D eigenvalue weighted by Crippen LogP contribution is 2.24. The van der Waals surface area contributed by atoms with Crippen LogP contribution in [0.15, 0.2) is 0 Å². The van der Waals surface area contributed by atoms with Gasteiger partial charge in [-0.15, -0.1) is 0 Å². The number of nitrogens with one attached hydrogen (secondary N) is 1. The van der Waals surface area contributed by atoms with Crippen LogP contribution in [-0.4, -0.2) is 34.7 Å². The lowest BCUT2D eigenvalue weighted by Crippen LogP contribution is -2.39. The second-order valence-electron chi connectivity index (χ2n) is 3.78. The molecule has 2 atom stereocenters. The van der Waals surface area contributed by atoms with E-state index in [0.717, 1.165) is 13.0 Å². The van der Waals surface area contributed by atoms with Crippen LogP contribution in [0.2, 0.25) is 0 Å². The second-order valence-corrected chi connectivity index (χ2v) is 5.26. The van der Waals surface area contributed by atoms with E-state index >= 15 is 0 Å². The van der Waals surface area contributed by atoms with Gasteiger partial charge in [0.2, 0.25) is 0 Å². The maximum atomic E-state index is 10.3. The molecule has 4 heteroatoms. The van der Waals surface area contributed by atoms with Crippen molar-refractivity contribution in [3.05, 3.63) is 0 Å². The molecule has 0 aromatic carbocycles. The molecule has 1 fully saturated rings. The van der Waals surface area contributed by atoms with Gasteiger partial charge < -0.3 is 10.4 Å². The lowest BCUT2D eigenvalue weighted by molar-refractivity contribution is -0.137. The van der Waals surface area contributed by atoms with Gasteiger partial charge in [0, 0.05) is 17.7 Å². The van der Waals surface area contributed by atoms with E-state index < -0.39 is 5.97 Å². The summed E-state index contributed by atoms with van der Waals surface area (Å²) in [6.45, 7) is 3.08. The van der Waals surface area contributed by atoms with Crippen molar-refractivity contribution in [2.75, 3.05) is 12.3 Å². The number of hydrogen-bond acceptors (Lipinski definition) is 3. The van der Waals surface area contributed by atoms with E-state index in [4.69, 9.17) is 5.11 Å². The van der Waals surface area contributed by atoms with E-state index in [1.165, 1.54) is 18.6 Å². The molecule has 1 saturated heterocycles. The van der Waals surface area contributed by atoms with Gasteiger partial charge in [-0.05, 0) is 31.6 Å². The third-order valence-corrected chi connectivity index (χ3v) is 3.96. The first-order chi connectivity index (χ1) is 6.70. The minimum absolute atomic E-state index is 0.279. The van der Waals surface area contributed by atoms with E-state index in [2.05, 4.69) is 12.2 Å². The summed E-state index contributed by atoms with van der Waals surface area (Å²) >= 11 is 2.01. The van der Waals surface area contributed by atoms with Gasteiger partial charge in [-0.2, -0.15) is 11.8 Å². The van der Waals surface area contributed by atoms with Gasteiger partial charge in [-0.25, -0.2) is 0 Å². The van der Waals surface area contributed by atoms with Gasteiger partial charge in [-0.3, -0.25) is 4.79 Å². The highest BCUT2D eigenvalue weighted by molar-refractivity contribution is 7.99. The van der Waals surface area contributed by atoms with Gasteiger partial charge in [0.25, 0.3) is 0 Å². The van der Waals surface area contributed by atoms with Crippen LogP contribution in [0, 0.1) is 0 Å². The molecule has 3 nitrogen and oxygen atoms in total. The Labute approximate surface area is 89.6 Å². The molecule has 0 aromatic heterocycles. The number of rotatable bonds is 5. The van der Waals surface area contributed by atoms with Crippen LogP contribution in [0.25, 0.3) is 0 Å². The third kappa shape index (κ3) is 4.33. The maximum absolute atomic E-state index is 10.3. The number of carboxylic acid groups (broad SMARTS) is 1. The Balaban J connectivity index is 2.07. The topological polar surface area (TPSA) is 49.3 Å². The molecule has 1 rings (SSSR count). The van der Waals surface area contributed by atoms with E-state index in [-0.39, 0.29) is 6.42 Å². The Morgan fingerprint density at radius 1 is 1.64 bits per heavy atom. The van der Waals surface area contributed by atoms with E-state index in [9.17, 15) is 4.79 Å². The molecule has 0 saturated carbocycles. The van der Waals surface area contributed by atoms with Gasteiger partial charge in [0.15, 0.2) is 0 Å². The fraction of sp³-hybridized carbons (Fsp3) is 0.900. The van der Waals surface area contributed by atoms with Crippen molar-refractivity contribution < 1.29 is 9.90 Å². The van der Waals surface area contributed by atoms with Gasteiger partial charge in [0.1, 0.15) is 0 Å². The largest absolute Gasteiger partial charge is 0.481 e. The summed E-state index contributed by atoms with van der Waals surface area (Å²) < 4.78 is 0. The SMILES string of the molecule is CC1SCCCC1NCCCC(=O)O. The fourth-order valence-electron chi connectivity index (χ4n) is 1.72. The van der Waals surface area contributed by atoms with Crippen LogP contribution in [0.5, 0.6) is 0 Å². The highest BCUT2D eigenvalue weighted by Gasteiger charge is 2.20. The molecule has 0 spiro atoms. The van der Waals surface area contributed by atoms with Crippen molar-refractivity contribution in [1.82, 2.24) is 5.32 Å². The van der Waals surface area contributed by atoms with Crippen LogP contribution in [0.3, 0.4) is 0 Å². The molecule has 14 heavy (non-hydrogen) atoms. The Morgan fingerprint density at radius 3 is 3.07 bits per heavy atom. The molecular weight excluding hydrogens is 198 g/mol. The average molecular weight is 217 g/mol. The molecule has 1 aliphatic rings.